The van der Waals surface area contributed by atoms with E-state index in [-0.39, 0.29) is 0 Å². The van der Waals surface area contributed by atoms with E-state index < -0.39 is 7.32 Å². The molecule has 0 aliphatic heterocycles. The van der Waals surface area contributed by atoms with Crippen LogP contribution in [0.1, 0.15) is 32.1 Å². The third kappa shape index (κ3) is 9.90. The summed E-state index contributed by atoms with van der Waals surface area (Å²) in [5.74, 6) is 0. The Morgan fingerprint density at radius 3 is 1.55 bits per heavy atom. The van der Waals surface area contributed by atoms with Gasteiger partial charge in [-0.3, -0.25) is 0 Å². The molecule has 0 saturated heterocycles. The van der Waals surface area contributed by atoms with Gasteiger partial charge in [0.15, 0.2) is 0 Å². The van der Waals surface area contributed by atoms with Gasteiger partial charge in [-0.25, -0.2) is 0 Å². The van der Waals surface area contributed by atoms with Crippen LogP contribution in [0.4, 0.5) is 0 Å². The first-order valence-electron chi connectivity index (χ1n) is 3.92. The van der Waals surface area contributed by atoms with Gasteiger partial charge in [0, 0.05) is 6.04 Å². The molecule has 0 unspecified atom stereocenters. The monoisotopic (exact) mass is 161 g/mol. The molecular formula is C6H16BNO3. The van der Waals surface area contributed by atoms with Gasteiger partial charge in [-0.1, -0.05) is 19.3 Å². The van der Waals surface area contributed by atoms with Gasteiger partial charge in [-0.2, -0.15) is 0 Å². The highest BCUT2D eigenvalue weighted by Crippen LogP contribution is 2.14. The van der Waals surface area contributed by atoms with Gasteiger partial charge >= 0.3 is 7.32 Å². The predicted molar refractivity (Wildman–Crippen MR) is 43.5 cm³/mol. The minimum atomic E-state index is -2.17. The standard InChI is InChI=1S/C6H13N.BH3O3/c7-6-4-2-1-3-5-6;2-1(3)4/h6H,1-5,7H2;2-4H. The molecule has 11 heavy (non-hydrogen) atoms. The van der Waals surface area contributed by atoms with E-state index in [1.54, 1.807) is 0 Å². The lowest BCUT2D eigenvalue weighted by Gasteiger charge is -2.15. The van der Waals surface area contributed by atoms with E-state index in [1.165, 1.54) is 32.1 Å². The van der Waals surface area contributed by atoms with Crippen molar-refractivity contribution in [3.63, 3.8) is 0 Å². The van der Waals surface area contributed by atoms with Crippen LogP contribution < -0.4 is 5.73 Å². The number of nitrogens with two attached hydrogens (primary N) is 1. The Bertz CT molecular complexity index is 83.1. The zero-order valence-electron chi connectivity index (χ0n) is 6.61. The molecule has 0 heterocycles. The van der Waals surface area contributed by atoms with E-state index in [4.69, 9.17) is 20.8 Å². The fraction of sp³-hybridized carbons (Fsp3) is 1.00. The fourth-order valence-corrected chi connectivity index (χ4v) is 1.13. The molecule has 0 aromatic rings. The van der Waals surface area contributed by atoms with E-state index >= 15 is 0 Å². The quantitative estimate of drug-likeness (QED) is 0.351. The maximum absolute atomic E-state index is 7.17. The Labute approximate surface area is 67.2 Å². The molecule has 0 amide bonds. The lowest BCUT2D eigenvalue weighted by atomic mass is 9.97. The molecular weight excluding hydrogens is 145 g/mol. The summed E-state index contributed by atoms with van der Waals surface area (Å²) in [6.45, 7) is 0. The normalized spacial score (nSPS) is 18.5. The molecule has 1 aliphatic carbocycles. The Kier molecular flexibility index (Phi) is 6.55. The van der Waals surface area contributed by atoms with Crippen molar-refractivity contribution in [2.75, 3.05) is 0 Å². The van der Waals surface area contributed by atoms with E-state index in [1.807, 2.05) is 0 Å². The Hall–Kier alpha value is -0.0951. The number of rotatable bonds is 0. The molecule has 0 atom stereocenters. The second kappa shape index (κ2) is 6.60. The molecule has 0 aromatic carbocycles. The summed E-state index contributed by atoms with van der Waals surface area (Å²) in [4.78, 5) is 0. The van der Waals surface area contributed by atoms with Crippen molar-refractivity contribution >= 4 is 7.32 Å². The van der Waals surface area contributed by atoms with Crippen molar-refractivity contribution < 1.29 is 15.1 Å². The van der Waals surface area contributed by atoms with Crippen LogP contribution in [-0.4, -0.2) is 28.4 Å². The summed E-state index contributed by atoms with van der Waals surface area (Å²) in [5, 5.41) is 21.5. The van der Waals surface area contributed by atoms with Crippen molar-refractivity contribution in [1.82, 2.24) is 0 Å². The minimum absolute atomic E-state index is 0.536. The molecule has 4 nitrogen and oxygen atoms in total. The molecule has 1 saturated carbocycles. The number of hydrogen-bond donors (Lipinski definition) is 4. The van der Waals surface area contributed by atoms with Gasteiger partial charge in [-0.15, -0.1) is 0 Å². The van der Waals surface area contributed by atoms with Crippen LogP contribution in [0, 0.1) is 0 Å². The molecule has 66 valence electrons. The van der Waals surface area contributed by atoms with E-state index in [0.29, 0.717) is 6.04 Å². The average molecular weight is 161 g/mol. The smallest absolute Gasteiger partial charge is 0.402 e. The zero-order valence-corrected chi connectivity index (χ0v) is 6.61. The number of hydrogen-bond acceptors (Lipinski definition) is 4. The van der Waals surface area contributed by atoms with Crippen molar-refractivity contribution in [2.24, 2.45) is 5.73 Å². The SMILES string of the molecule is NC1CCCCC1.OB(O)O. The third-order valence-electron chi connectivity index (χ3n) is 1.65. The minimum Gasteiger partial charge on any atom is -0.402 e. The molecule has 0 spiro atoms. The average Bonchev–Trinajstić information content (AvgIpc) is 1.87. The summed E-state index contributed by atoms with van der Waals surface area (Å²) < 4.78 is 0. The topological polar surface area (TPSA) is 86.7 Å². The van der Waals surface area contributed by atoms with Crippen LogP contribution in [0.15, 0.2) is 0 Å². The molecule has 5 heteroatoms. The van der Waals surface area contributed by atoms with E-state index in [9.17, 15) is 0 Å². The van der Waals surface area contributed by atoms with Gasteiger partial charge in [-0.05, 0) is 12.8 Å². The van der Waals surface area contributed by atoms with Crippen LogP contribution in [0.5, 0.6) is 0 Å². The van der Waals surface area contributed by atoms with E-state index in [0.717, 1.165) is 0 Å². The first-order valence-corrected chi connectivity index (χ1v) is 3.92. The molecule has 1 aliphatic rings. The van der Waals surface area contributed by atoms with Crippen molar-refractivity contribution in [3.05, 3.63) is 0 Å². The summed E-state index contributed by atoms with van der Waals surface area (Å²) in [6.07, 6.45) is 6.66. The highest BCUT2D eigenvalue weighted by atomic mass is 16.5. The molecule has 0 bridgehead atoms. The van der Waals surface area contributed by atoms with Crippen LogP contribution in [0.2, 0.25) is 0 Å². The summed E-state index contributed by atoms with van der Waals surface area (Å²) >= 11 is 0. The maximum Gasteiger partial charge on any atom is 0.631 e. The van der Waals surface area contributed by atoms with Gasteiger partial charge in [0.25, 0.3) is 0 Å². The first kappa shape index (κ1) is 10.9. The Morgan fingerprint density at radius 1 is 1.00 bits per heavy atom. The van der Waals surface area contributed by atoms with Crippen LogP contribution in [0.25, 0.3) is 0 Å². The summed E-state index contributed by atoms with van der Waals surface area (Å²) in [5.41, 5.74) is 5.63. The Morgan fingerprint density at radius 2 is 1.36 bits per heavy atom. The van der Waals surface area contributed by atoms with Crippen LogP contribution in [-0.2, 0) is 0 Å². The van der Waals surface area contributed by atoms with Gasteiger partial charge in [0.1, 0.15) is 0 Å². The predicted octanol–water partition coefficient (Wildman–Crippen LogP) is -0.774. The van der Waals surface area contributed by atoms with Gasteiger partial charge in [0.2, 0.25) is 0 Å². The third-order valence-corrected chi connectivity index (χ3v) is 1.65. The molecule has 0 radical (unpaired) electrons. The van der Waals surface area contributed by atoms with Crippen LogP contribution in [0.3, 0.4) is 0 Å². The molecule has 0 aromatic heterocycles. The Balaban J connectivity index is 0.000000218. The summed E-state index contributed by atoms with van der Waals surface area (Å²) in [7, 11) is -2.17. The lowest BCUT2D eigenvalue weighted by Crippen LogP contribution is -2.22. The first-order chi connectivity index (χ1) is 5.13. The van der Waals surface area contributed by atoms with Crippen molar-refractivity contribution in [1.29, 1.82) is 0 Å². The van der Waals surface area contributed by atoms with E-state index in [2.05, 4.69) is 0 Å². The highest BCUT2D eigenvalue weighted by Gasteiger charge is 2.06. The van der Waals surface area contributed by atoms with Gasteiger partial charge in [0.05, 0.1) is 0 Å². The van der Waals surface area contributed by atoms with Crippen molar-refractivity contribution in [2.45, 2.75) is 38.1 Å². The lowest BCUT2D eigenvalue weighted by molar-refractivity contribution is 0.278. The molecule has 5 N–H and O–H groups in total. The molecule has 1 rings (SSSR count). The highest BCUT2D eigenvalue weighted by molar-refractivity contribution is 6.30. The second-order valence-electron chi connectivity index (χ2n) is 2.74. The van der Waals surface area contributed by atoms with Crippen LogP contribution >= 0.6 is 0 Å². The summed E-state index contributed by atoms with van der Waals surface area (Å²) in [6, 6.07) is 0.536. The largest absolute Gasteiger partial charge is 0.631 e. The van der Waals surface area contributed by atoms with Gasteiger partial charge < -0.3 is 20.8 Å². The zero-order chi connectivity index (χ0) is 8.69. The molecule has 1 fully saturated rings. The second-order valence-corrected chi connectivity index (χ2v) is 2.74. The maximum atomic E-state index is 7.17. The fourth-order valence-electron chi connectivity index (χ4n) is 1.13. The van der Waals surface area contributed by atoms with Crippen molar-refractivity contribution in [3.8, 4) is 0 Å².